The lowest BCUT2D eigenvalue weighted by Crippen LogP contribution is -2.12. The smallest absolute Gasteiger partial charge is 0.0724 e. The molecule has 3 nitrogen and oxygen atoms in total. The van der Waals surface area contributed by atoms with E-state index in [1.807, 2.05) is 0 Å². The first-order valence-electron chi connectivity index (χ1n) is 3.39. The molecule has 0 aliphatic carbocycles. The van der Waals surface area contributed by atoms with Gasteiger partial charge in [0, 0.05) is 25.1 Å². The summed E-state index contributed by atoms with van der Waals surface area (Å²) in [6.07, 6.45) is 5.14. The predicted octanol–water partition coefficient (Wildman–Crippen LogP) is 0.586. The van der Waals surface area contributed by atoms with Gasteiger partial charge in [-0.25, -0.2) is 0 Å². The van der Waals surface area contributed by atoms with E-state index in [9.17, 15) is 0 Å². The van der Waals surface area contributed by atoms with E-state index in [0.717, 1.165) is 18.8 Å². The molecule has 1 aromatic heterocycles. The molecule has 54 valence electrons. The maximum atomic E-state index is 4.09. The molecule has 3 heteroatoms. The van der Waals surface area contributed by atoms with Crippen LogP contribution in [-0.2, 0) is 6.54 Å². The average molecular weight is 137 g/mol. The lowest BCUT2D eigenvalue weighted by Gasteiger charge is -1.97. The van der Waals surface area contributed by atoms with Crippen molar-refractivity contribution >= 4 is 0 Å². The van der Waals surface area contributed by atoms with E-state index in [2.05, 4.69) is 22.2 Å². The van der Waals surface area contributed by atoms with Crippen molar-refractivity contribution in [1.82, 2.24) is 15.3 Å². The van der Waals surface area contributed by atoms with Gasteiger partial charge in [0.1, 0.15) is 0 Å². The van der Waals surface area contributed by atoms with Crippen LogP contribution < -0.4 is 5.32 Å². The minimum atomic E-state index is 0.810. The van der Waals surface area contributed by atoms with Crippen molar-refractivity contribution in [2.45, 2.75) is 13.5 Å². The van der Waals surface area contributed by atoms with Gasteiger partial charge in [-0.05, 0) is 6.54 Å². The number of hydrogen-bond acceptors (Lipinski definition) is 3. The van der Waals surface area contributed by atoms with E-state index >= 15 is 0 Å². The van der Waals surface area contributed by atoms with Gasteiger partial charge < -0.3 is 5.32 Å². The van der Waals surface area contributed by atoms with E-state index in [1.165, 1.54) is 0 Å². The fourth-order valence-electron chi connectivity index (χ4n) is 0.674. The molecular formula is C7H11N3. The number of nitrogens with one attached hydrogen (secondary N) is 1. The molecule has 0 aliphatic rings. The van der Waals surface area contributed by atoms with Crippen molar-refractivity contribution in [2.75, 3.05) is 6.54 Å². The topological polar surface area (TPSA) is 37.8 Å². The molecule has 0 atom stereocenters. The highest BCUT2D eigenvalue weighted by atomic mass is 14.9. The van der Waals surface area contributed by atoms with Crippen molar-refractivity contribution in [3.8, 4) is 0 Å². The maximum Gasteiger partial charge on any atom is 0.0724 e. The molecule has 1 N–H and O–H groups in total. The Labute approximate surface area is 60.5 Å². The zero-order valence-corrected chi connectivity index (χ0v) is 6.04. The van der Waals surface area contributed by atoms with Crippen LogP contribution >= 0.6 is 0 Å². The Balaban J connectivity index is 2.43. The molecule has 1 heterocycles. The van der Waals surface area contributed by atoms with Crippen molar-refractivity contribution in [2.24, 2.45) is 0 Å². The van der Waals surface area contributed by atoms with Crippen LogP contribution in [0.25, 0.3) is 0 Å². The summed E-state index contributed by atoms with van der Waals surface area (Å²) in [4.78, 5) is 8.03. The van der Waals surface area contributed by atoms with Crippen molar-refractivity contribution < 1.29 is 0 Å². The van der Waals surface area contributed by atoms with Gasteiger partial charge in [0.05, 0.1) is 5.69 Å². The molecule has 1 rings (SSSR count). The molecule has 0 saturated carbocycles. The Hall–Kier alpha value is -0.960. The first kappa shape index (κ1) is 7.15. The van der Waals surface area contributed by atoms with Crippen molar-refractivity contribution in [1.29, 1.82) is 0 Å². The van der Waals surface area contributed by atoms with Crippen LogP contribution in [0.2, 0.25) is 0 Å². The molecule has 0 bridgehead atoms. The standard InChI is InChI=1S/C7H11N3/c1-2-8-5-7-6-9-3-4-10-7/h3-4,6,8H,2,5H2,1H3. The Kier molecular flexibility index (Phi) is 2.83. The van der Waals surface area contributed by atoms with E-state index < -0.39 is 0 Å². The highest BCUT2D eigenvalue weighted by Gasteiger charge is 1.88. The Morgan fingerprint density at radius 3 is 3.00 bits per heavy atom. The molecule has 0 fully saturated rings. The van der Waals surface area contributed by atoms with E-state index in [1.54, 1.807) is 18.6 Å². The Morgan fingerprint density at radius 1 is 1.50 bits per heavy atom. The minimum absolute atomic E-state index is 0.810. The van der Waals surface area contributed by atoms with Gasteiger partial charge in [0.2, 0.25) is 0 Å². The van der Waals surface area contributed by atoms with E-state index in [-0.39, 0.29) is 0 Å². The summed E-state index contributed by atoms with van der Waals surface area (Å²) in [5.41, 5.74) is 0.990. The van der Waals surface area contributed by atoms with Gasteiger partial charge in [-0.1, -0.05) is 6.92 Å². The Morgan fingerprint density at radius 2 is 2.40 bits per heavy atom. The molecule has 1 aromatic rings. The molecule has 0 aromatic carbocycles. The lowest BCUT2D eigenvalue weighted by molar-refractivity contribution is 0.707. The molecular weight excluding hydrogens is 126 g/mol. The molecule has 0 unspecified atom stereocenters. The number of rotatable bonds is 3. The number of aromatic nitrogens is 2. The monoisotopic (exact) mass is 137 g/mol. The SMILES string of the molecule is CCNCc1cnccn1. The second-order valence-electron chi connectivity index (χ2n) is 1.98. The highest BCUT2D eigenvalue weighted by molar-refractivity contribution is 4.93. The molecule has 0 aliphatic heterocycles. The van der Waals surface area contributed by atoms with Gasteiger partial charge in [0.15, 0.2) is 0 Å². The van der Waals surface area contributed by atoms with Gasteiger partial charge in [-0.3, -0.25) is 9.97 Å². The third kappa shape index (κ3) is 2.11. The highest BCUT2D eigenvalue weighted by Crippen LogP contribution is 1.86. The maximum absolute atomic E-state index is 4.09. The summed E-state index contributed by atoms with van der Waals surface area (Å²) in [6, 6.07) is 0. The van der Waals surface area contributed by atoms with Crippen LogP contribution in [0.1, 0.15) is 12.6 Å². The molecule has 0 saturated heterocycles. The van der Waals surface area contributed by atoms with Gasteiger partial charge >= 0.3 is 0 Å². The van der Waals surface area contributed by atoms with Crippen LogP contribution in [0.15, 0.2) is 18.6 Å². The fraction of sp³-hybridized carbons (Fsp3) is 0.429. The van der Waals surface area contributed by atoms with Crippen LogP contribution in [0.3, 0.4) is 0 Å². The van der Waals surface area contributed by atoms with E-state index in [4.69, 9.17) is 0 Å². The molecule has 0 amide bonds. The third-order valence-electron chi connectivity index (χ3n) is 1.17. The van der Waals surface area contributed by atoms with Gasteiger partial charge in [-0.2, -0.15) is 0 Å². The summed E-state index contributed by atoms with van der Waals surface area (Å²) < 4.78 is 0. The quantitative estimate of drug-likeness (QED) is 0.662. The second-order valence-corrected chi connectivity index (χ2v) is 1.98. The van der Waals surface area contributed by atoms with Crippen molar-refractivity contribution in [3.63, 3.8) is 0 Å². The minimum Gasteiger partial charge on any atom is -0.311 e. The largest absolute Gasteiger partial charge is 0.311 e. The fourth-order valence-corrected chi connectivity index (χ4v) is 0.674. The van der Waals surface area contributed by atoms with Crippen LogP contribution in [0.5, 0.6) is 0 Å². The second kappa shape index (κ2) is 3.95. The number of nitrogens with zero attached hydrogens (tertiary/aromatic N) is 2. The van der Waals surface area contributed by atoms with Crippen LogP contribution in [0.4, 0.5) is 0 Å². The summed E-state index contributed by atoms with van der Waals surface area (Å²) in [7, 11) is 0. The normalized spacial score (nSPS) is 9.70. The first-order chi connectivity index (χ1) is 4.93. The summed E-state index contributed by atoms with van der Waals surface area (Å²) >= 11 is 0. The van der Waals surface area contributed by atoms with E-state index in [0.29, 0.717) is 0 Å². The van der Waals surface area contributed by atoms with Gasteiger partial charge in [0.25, 0.3) is 0 Å². The molecule has 0 spiro atoms. The predicted molar refractivity (Wildman–Crippen MR) is 39.4 cm³/mol. The van der Waals surface area contributed by atoms with Gasteiger partial charge in [-0.15, -0.1) is 0 Å². The molecule has 10 heavy (non-hydrogen) atoms. The zero-order chi connectivity index (χ0) is 7.23. The zero-order valence-electron chi connectivity index (χ0n) is 6.04. The van der Waals surface area contributed by atoms with Crippen molar-refractivity contribution in [3.05, 3.63) is 24.3 Å². The van der Waals surface area contributed by atoms with Crippen LogP contribution in [-0.4, -0.2) is 16.5 Å². The summed E-state index contributed by atoms with van der Waals surface area (Å²) in [5, 5.41) is 3.16. The first-order valence-corrected chi connectivity index (χ1v) is 3.39. The van der Waals surface area contributed by atoms with Crippen LogP contribution in [0, 0.1) is 0 Å². The molecule has 0 radical (unpaired) electrons. The lowest BCUT2D eigenvalue weighted by atomic mass is 10.4. The average Bonchev–Trinajstić information content (AvgIpc) is 2.03. The summed E-state index contributed by atoms with van der Waals surface area (Å²) in [6.45, 7) is 3.84. The Bertz CT molecular complexity index is 173. The number of hydrogen-bond donors (Lipinski definition) is 1. The third-order valence-corrected chi connectivity index (χ3v) is 1.17. The summed E-state index contributed by atoms with van der Waals surface area (Å²) in [5.74, 6) is 0.